The van der Waals surface area contributed by atoms with E-state index in [0.29, 0.717) is 18.1 Å². The number of carbonyl (C=O) groups is 1. The first-order chi connectivity index (χ1) is 10.2. The largest absolute Gasteiger partial charge is 0.419 e. The van der Waals surface area contributed by atoms with Crippen LogP contribution in [0.5, 0.6) is 0 Å². The van der Waals surface area contributed by atoms with Crippen LogP contribution in [0.15, 0.2) is 28.7 Å². The van der Waals surface area contributed by atoms with Crippen LogP contribution >= 0.6 is 0 Å². The molecule has 1 aliphatic heterocycles. The molecule has 2 aromatic rings. The van der Waals surface area contributed by atoms with Gasteiger partial charge in [0, 0.05) is 12.2 Å². The van der Waals surface area contributed by atoms with E-state index in [0.717, 1.165) is 12.8 Å². The fourth-order valence-electron chi connectivity index (χ4n) is 2.10. The van der Waals surface area contributed by atoms with E-state index in [4.69, 9.17) is 9.15 Å². The van der Waals surface area contributed by atoms with Gasteiger partial charge in [-0.2, -0.15) is 0 Å². The molecule has 1 unspecified atom stereocenters. The molecule has 1 amide bonds. The van der Waals surface area contributed by atoms with Gasteiger partial charge in [-0.15, -0.1) is 10.2 Å². The van der Waals surface area contributed by atoms with Gasteiger partial charge >= 0.3 is 0 Å². The maximum absolute atomic E-state index is 12.8. The lowest BCUT2D eigenvalue weighted by atomic mass is 10.2. The SMILES string of the molecule is O=C(NCc1nnc(-c2ccc(F)cc2)o1)C1CCCO1. The molecule has 1 N–H and O–H groups in total. The summed E-state index contributed by atoms with van der Waals surface area (Å²) in [5, 5.41) is 10.4. The molecule has 1 aromatic carbocycles. The molecular formula is C14H14FN3O3. The number of hydrogen-bond donors (Lipinski definition) is 1. The Morgan fingerprint density at radius 3 is 2.86 bits per heavy atom. The molecule has 1 aliphatic rings. The molecule has 0 spiro atoms. The number of ether oxygens (including phenoxy) is 1. The van der Waals surface area contributed by atoms with E-state index >= 15 is 0 Å². The van der Waals surface area contributed by atoms with E-state index in [-0.39, 0.29) is 30.3 Å². The molecular weight excluding hydrogens is 277 g/mol. The summed E-state index contributed by atoms with van der Waals surface area (Å²) in [6.07, 6.45) is 1.24. The quantitative estimate of drug-likeness (QED) is 0.927. The first-order valence-electron chi connectivity index (χ1n) is 6.70. The molecule has 7 heteroatoms. The number of nitrogens with zero attached hydrogens (tertiary/aromatic N) is 2. The van der Waals surface area contributed by atoms with Crippen molar-refractivity contribution < 1.29 is 18.3 Å². The van der Waals surface area contributed by atoms with Crippen molar-refractivity contribution in [2.75, 3.05) is 6.61 Å². The first kappa shape index (κ1) is 13.7. The van der Waals surface area contributed by atoms with Crippen LogP contribution in [-0.2, 0) is 16.1 Å². The third kappa shape index (κ3) is 3.25. The molecule has 2 heterocycles. The number of nitrogens with one attached hydrogen (secondary N) is 1. The van der Waals surface area contributed by atoms with Crippen molar-refractivity contribution in [2.24, 2.45) is 0 Å². The van der Waals surface area contributed by atoms with Gasteiger partial charge in [0.15, 0.2) is 0 Å². The van der Waals surface area contributed by atoms with Crippen LogP contribution in [0, 0.1) is 5.82 Å². The Kier molecular flexibility index (Phi) is 3.92. The minimum atomic E-state index is -0.385. The maximum atomic E-state index is 12.8. The lowest BCUT2D eigenvalue weighted by Crippen LogP contribution is -2.33. The highest BCUT2D eigenvalue weighted by atomic mass is 19.1. The summed E-state index contributed by atoms with van der Waals surface area (Å²) in [5.41, 5.74) is 0.626. The molecule has 1 aromatic heterocycles. The van der Waals surface area contributed by atoms with E-state index in [1.807, 2.05) is 0 Å². The number of halogens is 1. The van der Waals surface area contributed by atoms with Crippen molar-refractivity contribution in [1.29, 1.82) is 0 Å². The van der Waals surface area contributed by atoms with Crippen LogP contribution in [0.4, 0.5) is 4.39 Å². The average Bonchev–Trinajstić information content (AvgIpc) is 3.17. The van der Waals surface area contributed by atoms with Crippen molar-refractivity contribution >= 4 is 5.91 Å². The zero-order chi connectivity index (χ0) is 14.7. The number of rotatable bonds is 4. The Balaban J connectivity index is 1.60. The molecule has 0 aliphatic carbocycles. The van der Waals surface area contributed by atoms with E-state index in [1.165, 1.54) is 12.1 Å². The molecule has 1 fully saturated rings. The summed E-state index contributed by atoms with van der Waals surface area (Å²) >= 11 is 0. The Morgan fingerprint density at radius 1 is 1.33 bits per heavy atom. The minimum absolute atomic E-state index is 0.146. The normalized spacial score (nSPS) is 17.9. The minimum Gasteiger partial charge on any atom is -0.419 e. The van der Waals surface area contributed by atoms with Crippen molar-refractivity contribution in [3.8, 4) is 11.5 Å². The summed E-state index contributed by atoms with van der Waals surface area (Å²) in [4.78, 5) is 11.8. The van der Waals surface area contributed by atoms with Crippen LogP contribution in [0.1, 0.15) is 18.7 Å². The highest BCUT2D eigenvalue weighted by molar-refractivity contribution is 5.80. The van der Waals surface area contributed by atoms with Crippen molar-refractivity contribution in [2.45, 2.75) is 25.5 Å². The highest BCUT2D eigenvalue weighted by Crippen LogP contribution is 2.18. The van der Waals surface area contributed by atoms with E-state index in [2.05, 4.69) is 15.5 Å². The number of amides is 1. The van der Waals surface area contributed by atoms with Gasteiger partial charge in [0.1, 0.15) is 11.9 Å². The Labute approximate surface area is 120 Å². The second kappa shape index (κ2) is 6.01. The van der Waals surface area contributed by atoms with Gasteiger partial charge in [-0.25, -0.2) is 4.39 Å². The summed E-state index contributed by atoms with van der Waals surface area (Å²) < 4.78 is 23.5. The first-order valence-corrected chi connectivity index (χ1v) is 6.70. The molecule has 1 atom stereocenters. The summed E-state index contributed by atoms with van der Waals surface area (Å²) in [7, 11) is 0. The Bertz CT molecular complexity index is 621. The van der Waals surface area contributed by atoms with Gasteiger partial charge < -0.3 is 14.5 Å². The zero-order valence-electron chi connectivity index (χ0n) is 11.2. The standard InChI is InChI=1S/C14H14FN3O3/c15-10-5-3-9(4-6-10)14-18-17-12(21-14)8-16-13(19)11-2-1-7-20-11/h3-6,11H,1-2,7-8H2,(H,16,19). The van der Waals surface area contributed by atoms with Crippen LogP contribution in [0.3, 0.4) is 0 Å². The second-order valence-corrected chi connectivity index (χ2v) is 4.73. The molecule has 3 rings (SSSR count). The second-order valence-electron chi connectivity index (χ2n) is 4.73. The van der Waals surface area contributed by atoms with Crippen molar-refractivity contribution in [1.82, 2.24) is 15.5 Å². The topological polar surface area (TPSA) is 77.3 Å². The summed E-state index contributed by atoms with van der Waals surface area (Å²) in [6, 6.07) is 5.74. The molecule has 0 radical (unpaired) electrons. The highest BCUT2D eigenvalue weighted by Gasteiger charge is 2.23. The van der Waals surface area contributed by atoms with Crippen LogP contribution in [-0.4, -0.2) is 28.8 Å². The van der Waals surface area contributed by atoms with Crippen LogP contribution in [0.25, 0.3) is 11.5 Å². The zero-order valence-corrected chi connectivity index (χ0v) is 11.2. The molecule has 6 nitrogen and oxygen atoms in total. The summed E-state index contributed by atoms with van der Waals surface area (Å²) in [5.74, 6) is 0.0772. The van der Waals surface area contributed by atoms with Crippen molar-refractivity contribution in [3.63, 3.8) is 0 Å². The lowest BCUT2D eigenvalue weighted by Gasteiger charge is -2.08. The Morgan fingerprint density at radius 2 is 2.14 bits per heavy atom. The van der Waals surface area contributed by atoms with Gasteiger partial charge in [0.2, 0.25) is 17.7 Å². The average molecular weight is 291 g/mol. The van der Waals surface area contributed by atoms with Crippen molar-refractivity contribution in [3.05, 3.63) is 36.0 Å². The van der Waals surface area contributed by atoms with Crippen LogP contribution in [0.2, 0.25) is 0 Å². The number of benzene rings is 1. The van der Waals surface area contributed by atoms with E-state index in [9.17, 15) is 9.18 Å². The molecule has 110 valence electrons. The number of hydrogen-bond acceptors (Lipinski definition) is 5. The van der Waals surface area contributed by atoms with E-state index < -0.39 is 0 Å². The third-order valence-electron chi connectivity index (χ3n) is 3.19. The monoisotopic (exact) mass is 291 g/mol. The van der Waals surface area contributed by atoms with Gasteiger partial charge in [-0.1, -0.05) is 0 Å². The van der Waals surface area contributed by atoms with Gasteiger partial charge in [-0.3, -0.25) is 4.79 Å². The predicted molar refractivity (Wildman–Crippen MR) is 70.5 cm³/mol. The van der Waals surface area contributed by atoms with Gasteiger partial charge in [0.25, 0.3) is 0 Å². The number of aromatic nitrogens is 2. The molecule has 21 heavy (non-hydrogen) atoms. The summed E-state index contributed by atoms with van der Waals surface area (Å²) in [6.45, 7) is 0.764. The van der Waals surface area contributed by atoms with Gasteiger partial charge in [-0.05, 0) is 37.1 Å². The number of carbonyl (C=O) groups excluding carboxylic acids is 1. The van der Waals surface area contributed by atoms with Gasteiger partial charge in [0.05, 0.1) is 6.54 Å². The maximum Gasteiger partial charge on any atom is 0.249 e. The third-order valence-corrected chi connectivity index (χ3v) is 3.19. The fourth-order valence-corrected chi connectivity index (χ4v) is 2.10. The lowest BCUT2D eigenvalue weighted by molar-refractivity contribution is -0.130. The van der Waals surface area contributed by atoms with Crippen LogP contribution < -0.4 is 5.32 Å². The molecule has 1 saturated heterocycles. The smallest absolute Gasteiger partial charge is 0.249 e. The molecule has 0 saturated carbocycles. The Hall–Kier alpha value is -2.28. The van der Waals surface area contributed by atoms with E-state index in [1.54, 1.807) is 12.1 Å². The molecule has 0 bridgehead atoms. The fraction of sp³-hybridized carbons (Fsp3) is 0.357. The predicted octanol–water partition coefficient (Wildman–Crippen LogP) is 1.67.